The van der Waals surface area contributed by atoms with Crippen molar-refractivity contribution in [1.29, 1.82) is 0 Å². The number of anilines is 1. The molecule has 2 aliphatic heterocycles. The highest BCUT2D eigenvalue weighted by atomic mass is 32.2. The number of nitrogens with zero attached hydrogens (tertiary/aromatic N) is 3. The normalized spacial score (nSPS) is 21.6. The number of aromatic nitrogens is 1. The van der Waals surface area contributed by atoms with Crippen LogP contribution in [0.3, 0.4) is 0 Å². The van der Waals surface area contributed by atoms with Gasteiger partial charge >= 0.3 is 5.97 Å². The van der Waals surface area contributed by atoms with Crippen molar-refractivity contribution in [3.05, 3.63) is 18.0 Å². The summed E-state index contributed by atoms with van der Waals surface area (Å²) in [6.45, 7) is 3.62. The highest BCUT2D eigenvalue weighted by molar-refractivity contribution is 8.14. The second-order valence-electron chi connectivity index (χ2n) is 5.08. The lowest BCUT2D eigenvalue weighted by molar-refractivity contribution is -0.141. The number of ether oxygens (including phenoxy) is 1. The van der Waals surface area contributed by atoms with Gasteiger partial charge in [-0.2, -0.15) is 0 Å². The van der Waals surface area contributed by atoms with E-state index in [1.807, 2.05) is 0 Å². The molecule has 1 aromatic rings. The summed E-state index contributed by atoms with van der Waals surface area (Å²) in [6.07, 6.45) is 1.74. The molecule has 2 aliphatic rings. The van der Waals surface area contributed by atoms with Crippen LogP contribution in [0.15, 0.2) is 17.3 Å². The van der Waals surface area contributed by atoms with Gasteiger partial charge < -0.3 is 20.1 Å². The Hall–Kier alpha value is -1.80. The van der Waals surface area contributed by atoms with Crippen molar-refractivity contribution in [3.8, 4) is 5.75 Å². The fourth-order valence-electron chi connectivity index (χ4n) is 2.46. The predicted octanol–water partition coefficient (Wildman–Crippen LogP) is 0.232. The number of esters is 1. The lowest BCUT2D eigenvalue weighted by Gasteiger charge is -2.29. The lowest BCUT2D eigenvalue weighted by atomic mass is 10.2. The zero-order valence-electron chi connectivity index (χ0n) is 12.3. The molecule has 0 bridgehead atoms. The molecule has 22 heavy (non-hydrogen) atoms. The molecule has 0 unspecified atom stereocenters. The number of aliphatic imine (C=N–C) groups is 1. The van der Waals surface area contributed by atoms with E-state index in [0.29, 0.717) is 16.5 Å². The molecule has 1 atom stereocenters. The average Bonchev–Trinajstić information content (AvgIpc) is 3.04. The number of hydrogen-bond donors (Lipinski definition) is 2. The van der Waals surface area contributed by atoms with E-state index in [4.69, 9.17) is 4.74 Å². The smallest absolute Gasteiger partial charge is 0.331 e. The van der Waals surface area contributed by atoms with Gasteiger partial charge in [0.2, 0.25) is 0 Å². The molecule has 0 saturated carbocycles. The van der Waals surface area contributed by atoms with Crippen LogP contribution < -0.4 is 10.2 Å². The topological polar surface area (TPSA) is 87.0 Å². The largest absolute Gasteiger partial charge is 0.506 e. The fraction of sp³-hybridized carbons (Fsp3) is 0.500. The number of aromatic hydroxyl groups is 1. The van der Waals surface area contributed by atoms with Gasteiger partial charge in [-0.1, -0.05) is 0 Å². The van der Waals surface area contributed by atoms with Crippen LogP contribution in [0.25, 0.3) is 0 Å². The molecule has 3 rings (SSSR count). The summed E-state index contributed by atoms with van der Waals surface area (Å²) in [6, 6.07) is 1.20. The maximum atomic E-state index is 11.5. The maximum absolute atomic E-state index is 11.5. The summed E-state index contributed by atoms with van der Waals surface area (Å²) in [4.78, 5) is 22.3. The quantitative estimate of drug-likeness (QED) is 0.770. The van der Waals surface area contributed by atoms with Gasteiger partial charge in [0.15, 0.2) is 6.04 Å². The number of thioether (sulfide) groups is 1. The Morgan fingerprint density at radius 1 is 1.50 bits per heavy atom. The van der Waals surface area contributed by atoms with E-state index in [-0.39, 0.29) is 11.7 Å². The molecule has 7 nitrogen and oxygen atoms in total. The summed E-state index contributed by atoms with van der Waals surface area (Å²) < 4.78 is 4.69. The van der Waals surface area contributed by atoms with Crippen LogP contribution in [-0.4, -0.2) is 66.2 Å². The standard InChI is InChI=1S/C14H18N4O3S/c1-21-14(20)10-8-22-13(17-10)12-11(19)6-9(7-16-12)18-4-2-15-3-5-18/h6-7,10,15,19H,2-5,8H2,1H3/t10-/m1/s1. The van der Waals surface area contributed by atoms with Crippen molar-refractivity contribution in [2.45, 2.75) is 6.04 Å². The second-order valence-corrected chi connectivity index (χ2v) is 6.09. The molecule has 0 amide bonds. The Labute approximate surface area is 132 Å². The number of hydrogen-bond acceptors (Lipinski definition) is 8. The van der Waals surface area contributed by atoms with Crippen LogP contribution in [-0.2, 0) is 9.53 Å². The van der Waals surface area contributed by atoms with Gasteiger partial charge in [0, 0.05) is 38.0 Å². The van der Waals surface area contributed by atoms with Crippen LogP contribution in [0, 0.1) is 0 Å². The van der Waals surface area contributed by atoms with Crippen LogP contribution >= 0.6 is 11.8 Å². The van der Waals surface area contributed by atoms with Gasteiger partial charge in [0.25, 0.3) is 0 Å². The highest BCUT2D eigenvalue weighted by Crippen LogP contribution is 2.30. The van der Waals surface area contributed by atoms with E-state index in [0.717, 1.165) is 31.9 Å². The minimum absolute atomic E-state index is 0.0906. The summed E-state index contributed by atoms with van der Waals surface area (Å²) >= 11 is 1.41. The number of piperazine rings is 1. The number of pyridine rings is 1. The van der Waals surface area contributed by atoms with E-state index < -0.39 is 6.04 Å². The predicted molar refractivity (Wildman–Crippen MR) is 85.8 cm³/mol. The molecule has 1 saturated heterocycles. The molecule has 0 radical (unpaired) electrons. The molecule has 2 N–H and O–H groups in total. The summed E-state index contributed by atoms with van der Waals surface area (Å²) in [5.74, 6) is 0.245. The van der Waals surface area contributed by atoms with Crippen molar-refractivity contribution < 1.29 is 14.6 Å². The van der Waals surface area contributed by atoms with Gasteiger partial charge in [0.05, 0.1) is 19.0 Å². The molecule has 1 fully saturated rings. The first-order chi connectivity index (χ1) is 10.7. The lowest BCUT2D eigenvalue weighted by Crippen LogP contribution is -2.43. The van der Waals surface area contributed by atoms with Crippen molar-refractivity contribution in [1.82, 2.24) is 10.3 Å². The Morgan fingerprint density at radius 3 is 2.95 bits per heavy atom. The zero-order valence-corrected chi connectivity index (χ0v) is 13.1. The van der Waals surface area contributed by atoms with Gasteiger partial charge in [-0.05, 0) is 0 Å². The number of rotatable bonds is 3. The molecule has 0 aromatic carbocycles. The summed E-state index contributed by atoms with van der Waals surface area (Å²) in [7, 11) is 1.35. The van der Waals surface area contributed by atoms with Crippen LogP contribution in [0.5, 0.6) is 5.75 Å². The third-order valence-corrected chi connectivity index (χ3v) is 4.72. The Balaban J connectivity index is 1.79. The molecular formula is C14H18N4O3S. The first-order valence-corrected chi connectivity index (χ1v) is 8.11. The van der Waals surface area contributed by atoms with Crippen molar-refractivity contribution in [2.75, 3.05) is 43.9 Å². The summed E-state index contributed by atoms with van der Waals surface area (Å²) in [5, 5.41) is 14.1. The van der Waals surface area contributed by atoms with Crippen LogP contribution in [0.2, 0.25) is 0 Å². The van der Waals surface area contributed by atoms with Crippen molar-refractivity contribution >= 4 is 28.5 Å². The fourth-order valence-corrected chi connectivity index (χ4v) is 3.49. The maximum Gasteiger partial charge on any atom is 0.331 e. The van der Waals surface area contributed by atoms with Crippen LogP contribution in [0.4, 0.5) is 5.69 Å². The molecule has 0 aliphatic carbocycles. The molecule has 8 heteroatoms. The first-order valence-electron chi connectivity index (χ1n) is 7.12. The number of carbonyl (C=O) groups excluding carboxylic acids is 1. The number of nitrogens with one attached hydrogen (secondary N) is 1. The molecule has 0 spiro atoms. The van der Waals surface area contributed by atoms with Crippen LogP contribution in [0.1, 0.15) is 5.69 Å². The monoisotopic (exact) mass is 322 g/mol. The van der Waals surface area contributed by atoms with Gasteiger partial charge in [-0.3, -0.25) is 4.99 Å². The van der Waals surface area contributed by atoms with E-state index in [1.165, 1.54) is 18.9 Å². The zero-order chi connectivity index (χ0) is 15.5. The van der Waals surface area contributed by atoms with E-state index >= 15 is 0 Å². The van der Waals surface area contributed by atoms with Gasteiger partial charge in [-0.15, -0.1) is 11.8 Å². The molecule has 3 heterocycles. The molecular weight excluding hydrogens is 304 g/mol. The third-order valence-electron chi connectivity index (χ3n) is 3.66. The van der Waals surface area contributed by atoms with Crippen molar-refractivity contribution in [2.24, 2.45) is 4.99 Å². The average molecular weight is 322 g/mol. The minimum atomic E-state index is -0.515. The highest BCUT2D eigenvalue weighted by Gasteiger charge is 2.28. The Kier molecular flexibility index (Phi) is 4.49. The van der Waals surface area contributed by atoms with E-state index in [1.54, 1.807) is 12.3 Å². The van der Waals surface area contributed by atoms with Crippen molar-refractivity contribution in [3.63, 3.8) is 0 Å². The number of methoxy groups -OCH3 is 1. The minimum Gasteiger partial charge on any atom is -0.506 e. The number of carbonyl (C=O) groups is 1. The van der Waals surface area contributed by atoms with Gasteiger partial charge in [0.1, 0.15) is 16.5 Å². The Bertz CT molecular complexity index is 602. The second kappa shape index (κ2) is 6.53. The summed E-state index contributed by atoms with van der Waals surface area (Å²) in [5.41, 5.74) is 1.33. The molecule has 1 aromatic heterocycles. The SMILES string of the molecule is COC(=O)[C@H]1CSC(c2ncc(N3CCNCC3)cc2O)=N1. The van der Waals surface area contributed by atoms with E-state index in [9.17, 15) is 9.90 Å². The first kappa shape index (κ1) is 15.1. The van der Waals surface area contributed by atoms with E-state index in [2.05, 4.69) is 20.2 Å². The third kappa shape index (κ3) is 3.02. The molecule has 118 valence electrons. The van der Waals surface area contributed by atoms with Gasteiger partial charge in [-0.25, -0.2) is 9.78 Å². The Morgan fingerprint density at radius 2 is 2.27 bits per heavy atom.